The van der Waals surface area contributed by atoms with Gasteiger partial charge in [0.15, 0.2) is 0 Å². The van der Waals surface area contributed by atoms with Crippen LogP contribution in [0.3, 0.4) is 0 Å². The Hall–Kier alpha value is -0.500. The maximum absolute atomic E-state index is 9.16. The molecule has 1 aromatic rings. The summed E-state index contributed by atoms with van der Waals surface area (Å²) < 4.78 is 0. The molecule has 0 spiro atoms. The molecule has 0 aliphatic rings. The van der Waals surface area contributed by atoms with Crippen LogP contribution in [0, 0.1) is 0 Å². The van der Waals surface area contributed by atoms with E-state index in [2.05, 4.69) is 6.58 Å². The molecule has 1 aromatic carbocycles. The molecule has 0 aliphatic heterocycles. The number of hydrogen-bond donors (Lipinski definition) is 1. The first kappa shape index (κ1) is 11.6. The molecule has 1 atom stereocenters. The molecule has 0 heterocycles. The van der Waals surface area contributed by atoms with Gasteiger partial charge in [-0.05, 0) is 24.1 Å². The molecular weight excluding hydrogens is 219 g/mol. The molecular formula is C11H12Cl2O. The van der Waals surface area contributed by atoms with Crippen LogP contribution < -0.4 is 0 Å². The minimum absolute atomic E-state index is 0.0114. The van der Waals surface area contributed by atoms with Gasteiger partial charge in [0.2, 0.25) is 0 Å². The Labute approximate surface area is 94.0 Å². The van der Waals surface area contributed by atoms with E-state index < -0.39 is 0 Å². The molecule has 0 bridgehead atoms. The van der Waals surface area contributed by atoms with Gasteiger partial charge in [0.1, 0.15) is 0 Å². The molecule has 1 rings (SSSR count). The summed E-state index contributed by atoms with van der Waals surface area (Å²) in [6.07, 6.45) is 2.48. The largest absolute Gasteiger partial charge is 0.396 e. The van der Waals surface area contributed by atoms with E-state index in [1.54, 1.807) is 18.2 Å². The number of allylic oxidation sites excluding steroid dienone is 1. The summed E-state index contributed by atoms with van der Waals surface area (Å²) in [7, 11) is 0. The number of benzene rings is 1. The van der Waals surface area contributed by atoms with E-state index in [1.807, 2.05) is 6.07 Å². The predicted octanol–water partition coefficient (Wildman–Crippen LogP) is 3.65. The van der Waals surface area contributed by atoms with Crippen molar-refractivity contribution in [3.63, 3.8) is 0 Å². The third-order valence-corrected chi connectivity index (χ3v) is 2.64. The lowest BCUT2D eigenvalue weighted by Crippen LogP contribution is -2.03. The van der Waals surface area contributed by atoms with Crippen LogP contribution in [-0.4, -0.2) is 11.7 Å². The van der Waals surface area contributed by atoms with Gasteiger partial charge in [0.05, 0.1) is 6.61 Å². The smallest absolute Gasteiger partial charge is 0.0503 e. The van der Waals surface area contributed by atoms with Gasteiger partial charge in [-0.25, -0.2) is 0 Å². The molecule has 0 radical (unpaired) electrons. The molecule has 76 valence electrons. The SMILES string of the molecule is C=CCC(CO)c1ccc(Cl)cc1Cl. The maximum atomic E-state index is 9.16. The van der Waals surface area contributed by atoms with Gasteiger partial charge in [-0.15, -0.1) is 6.58 Å². The van der Waals surface area contributed by atoms with E-state index in [9.17, 15) is 0 Å². The van der Waals surface area contributed by atoms with Crippen molar-refractivity contribution >= 4 is 23.2 Å². The molecule has 0 saturated heterocycles. The van der Waals surface area contributed by atoms with Crippen molar-refractivity contribution in [1.82, 2.24) is 0 Å². The fourth-order valence-corrected chi connectivity index (χ4v) is 1.90. The van der Waals surface area contributed by atoms with Crippen molar-refractivity contribution in [3.05, 3.63) is 46.5 Å². The molecule has 1 nitrogen and oxygen atoms in total. The first-order valence-corrected chi connectivity index (χ1v) is 5.11. The van der Waals surface area contributed by atoms with E-state index in [0.717, 1.165) is 5.56 Å². The number of aliphatic hydroxyl groups excluding tert-OH is 1. The van der Waals surface area contributed by atoms with Crippen molar-refractivity contribution in [1.29, 1.82) is 0 Å². The first-order chi connectivity index (χ1) is 6.69. The molecule has 1 N–H and O–H groups in total. The van der Waals surface area contributed by atoms with E-state index in [-0.39, 0.29) is 12.5 Å². The summed E-state index contributed by atoms with van der Waals surface area (Å²) in [5, 5.41) is 10.4. The first-order valence-electron chi connectivity index (χ1n) is 4.35. The Morgan fingerprint density at radius 2 is 2.14 bits per heavy atom. The number of aliphatic hydroxyl groups is 1. The van der Waals surface area contributed by atoms with E-state index in [0.29, 0.717) is 16.5 Å². The lowest BCUT2D eigenvalue weighted by Gasteiger charge is -2.14. The molecule has 0 saturated carbocycles. The molecule has 3 heteroatoms. The molecule has 14 heavy (non-hydrogen) atoms. The fraction of sp³-hybridized carbons (Fsp3) is 0.273. The summed E-state index contributed by atoms with van der Waals surface area (Å²) in [5.74, 6) is 0.0114. The Kier molecular flexibility index (Phi) is 4.46. The van der Waals surface area contributed by atoms with Crippen molar-refractivity contribution in [2.75, 3.05) is 6.61 Å². The predicted molar refractivity (Wildman–Crippen MR) is 61.1 cm³/mol. The van der Waals surface area contributed by atoms with Crippen molar-refractivity contribution < 1.29 is 5.11 Å². The summed E-state index contributed by atoms with van der Waals surface area (Å²) in [6.45, 7) is 3.70. The Bertz CT molecular complexity index is 323. The summed E-state index contributed by atoms with van der Waals surface area (Å²) in [4.78, 5) is 0. The molecule has 0 amide bonds. The molecule has 1 unspecified atom stereocenters. The zero-order chi connectivity index (χ0) is 10.6. The fourth-order valence-electron chi connectivity index (χ4n) is 1.33. The maximum Gasteiger partial charge on any atom is 0.0503 e. The quantitative estimate of drug-likeness (QED) is 0.784. The van der Waals surface area contributed by atoms with Crippen molar-refractivity contribution in [2.24, 2.45) is 0 Å². The van der Waals surface area contributed by atoms with E-state index in [4.69, 9.17) is 28.3 Å². The van der Waals surface area contributed by atoms with Crippen LogP contribution in [-0.2, 0) is 0 Å². The van der Waals surface area contributed by atoms with Crippen LogP contribution in [0.4, 0.5) is 0 Å². The summed E-state index contributed by atoms with van der Waals surface area (Å²) in [6, 6.07) is 5.30. The monoisotopic (exact) mass is 230 g/mol. The zero-order valence-corrected chi connectivity index (χ0v) is 9.22. The molecule has 0 aromatic heterocycles. The number of rotatable bonds is 4. The number of hydrogen-bond acceptors (Lipinski definition) is 1. The summed E-state index contributed by atoms with van der Waals surface area (Å²) >= 11 is 11.8. The topological polar surface area (TPSA) is 20.2 Å². The normalized spacial score (nSPS) is 12.5. The molecule has 0 aliphatic carbocycles. The van der Waals surface area contributed by atoms with E-state index >= 15 is 0 Å². The van der Waals surface area contributed by atoms with Crippen LogP contribution in [0.25, 0.3) is 0 Å². The highest BCUT2D eigenvalue weighted by molar-refractivity contribution is 6.35. The van der Waals surface area contributed by atoms with Gasteiger partial charge in [0, 0.05) is 16.0 Å². The van der Waals surface area contributed by atoms with Crippen molar-refractivity contribution in [2.45, 2.75) is 12.3 Å². The minimum atomic E-state index is 0.0114. The third kappa shape index (κ3) is 2.74. The van der Waals surface area contributed by atoms with Crippen LogP contribution in [0.5, 0.6) is 0 Å². The van der Waals surface area contributed by atoms with Gasteiger partial charge >= 0.3 is 0 Å². The average molecular weight is 231 g/mol. The lowest BCUT2D eigenvalue weighted by atomic mass is 9.97. The van der Waals surface area contributed by atoms with Crippen LogP contribution in [0.2, 0.25) is 10.0 Å². The zero-order valence-electron chi connectivity index (χ0n) is 7.71. The van der Waals surface area contributed by atoms with Crippen molar-refractivity contribution in [3.8, 4) is 0 Å². The second-order valence-electron chi connectivity index (χ2n) is 3.07. The Balaban J connectivity index is 2.97. The Morgan fingerprint density at radius 1 is 1.43 bits per heavy atom. The second kappa shape index (κ2) is 5.40. The van der Waals surface area contributed by atoms with Gasteiger partial charge in [0.25, 0.3) is 0 Å². The van der Waals surface area contributed by atoms with Gasteiger partial charge in [-0.3, -0.25) is 0 Å². The van der Waals surface area contributed by atoms with Crippen LogP contribution >= 0.6 is 23.2 Å². The Morgan fingerprint density at radius 3 is 2.64 bits per heavy atom. The minimum Gasteiger partial charge on any atom is -0.396 e. The van der Waals surface area contributed by atoms with Gasteiger partial charge < -0.3 is 5.11 Å². The van der Waals surface area contributed by atoms with Crippen LogP contribution in [0.1, 0.15) is 17.9 Å². The number of halogens is 2. The van der Waals surface area contributed by atoms with Crippen LogP contribution in [0.15, 0.2) is 30.9 Å². The summed E-state index contributed by atoms with van der Waals surface area (Å²) in [5.41, 5.74) is 0.915. The second-order valence-corrected chi connectivity index (χ2v) is 3.91. The van der Waals surface area contributed by atoms with Gasteiger partial charge in [-0.1, -0.05) is 35.3 Å². The third-order valence-electron chi connectivity index (χ3n) is 2.07. The average Bonchev–Trinajstić information content (AvgIpc) is 2.15. The van der Waals surface area contributed by atoms with Gasteiger partial charge in [-0.2, -0.15) is 0 Å². The lowest BCUT2D eigenvalue weighted by molar-refractivity contribution is 0.266. The highest BCUT2D eigenvalue weighted by atomic mass is 35.5. The highest BCUT2D eigenvalue weighted by Gasteiger charge is 2.12. The molecule has 0 fully saturated rings. The van der Waals surface area contributed by atoms with E-state index in [1.165, 1.54) is 0 Å². The highest BCUT2D eigenvalue weighted by Crippen LogP contribution is 2.29. The standard InChI is InChI=1S/C11H12Cl2O/c1-2-3-8(7-14)10-5-4-9(12)6-11(10)13/h2,4-6,8,14H,1,3,7H2.